The van der Waals surface area contributed by atoms with Gasteiger partial charge in [-0.05, 0) is 38.8 Å². The number of carbonyl (C=O) groups excluding carboxylic acids is 1. The molecule has 1 aromatic carbocycles. The Morgan fingerprint density at radius 1 is 1.39 bits per heavy atom. The zero-order valence-corrected chi connectivity index (χ0v) is 11.2. The number of phenols is 1. The second-order valence-electron chi connectivity index (χ2n) is 4.64. The van der Waals surface area contributed by atoms with Gasteiger partial charge in [0.1, 0.15) is 5.75 Å². The Balaban J connectivity index is 2.98. The number of aryl methyl sites for hydroxylation is 1. The van der Waals surface area contributed by atoms with Crippen molar-refractivity contribution < 1.29 is 15.0 Å². The zero-order chi connectivity index (χ0) is 13.7. The predicted octanol–water partition coefficient (Wildman–Crippen LogP) is 1.93. The Bertz CT molecular complexity index is 416. The van der Waals surface area contributed by atoms with Gasteiger partial charge in [0, 0.05) is 19.2 Å². The van der Waals surface area contributed by atoms with Crippen LogP contribution >= 0.6 is 0 Å². The molecule has 0 atom stereocenters. The molecule has 0 aromatic heterocycles. The van der Waals surface area contributed by atoms with Crippen LogP contribution in [0.4, 0.5) is 0 Å². The van der Waals surface area contributed by atoms with Crippen molar-refractivity contribution in [1.29, 1.82) is 0 Å². The molecule has 0 fully saturated rings. The maximum absolute atomic E-state index is 12.3. The number of aliphatic hydroxyl groups is 1. The highest BCUT2D eigenvalue weighted by atomic mass is 16.3. The lowest BCUT2D eigenvalue weighted by Crippen LogP contribution is -2.38. The van der Waals surface area contributed by atoms with Crippen LogP contribution in [0.1, 0.15) is 36.2 Å². The van der Waals surface area contributed by atoms with Gasteiger partial charge >= 0.3 is 0 Å². The number of phenolic OH excluding ortho intramolecular Hbond substituents is 1. The van der Waals surface area contributed by atoms with Crippen molar-refractivity contribution in [1.82, 2.24) is 4.90 Å². The molecule has 0 heterocycles. The molecular weight excluding hydrogens is 230 g/mol. The van der Waals surface area contributed by atoms with Crippen LogP contribution in [-0.4, -0.2) is 40.2 Å². The third kappa shape index (κ3) is 3.23. The van der Waals surface area contributed by atoms with Gasteiger partial charge in [0.25, 0.3) is 5.91 Å². The maximum Gasteiger partial charge on any atom is 0.257 e. The second-order valence-corrected chi connectivity index (χ2v) is 4.64. The molecule has 18 heavy (non-hydrogen) atoms. The summed E-state index contributed by atoms with van der Waals surface area (Å²) in [6.45, 7) is 6.14. The number of nitrogens with zero attached hydrogens (tertiary/aromatic N) is 1. The van der Waals surface area contributed by atoms with E-state index < -0.39 is 0 Å². The summed E-state index contributed by atoms with van der Waals surface area (Å²) in [5, 5.41) is 18.8. The lowest BCUT2D eigenvalue weighted by atomic mass is 10.1. The molecule has 0 aliphatic carbocycles. The number of rotatable bonds is 5. The Morgan fingerprint density at radius 2 is 2.06 bits per heavy atom. The first-order valence-electron chi connectivity index (χ1n) is 6.19. The molecule has 1 aromatic rings. The van der Waals surface area contributed by atoms with Crippen molar-refractivity contribution >= 4 is 5.91 Å². The van der Waals surface area contributed by atoms with E-state index in [1.807, 2.05) is 13.8 Å². The van der Waals surface area contributed by atoms with Crippen molar-refractivity contribution in [2.45, 2.75) is 33.2 Å². The van der Waals surface area contributed by atoms with E-state index in [1.54, 1.807) is 30.0 Å². The van der Waals surface area contributed by atoms with Crippen LogP contribution < -0.4 is 0 Å². The van der Waals surface area contributed by atoms with Gasteiger partial charge in [0.2, 0.25) is 0 Å². The summed E-state index contributed by atoms with van der Waals surface area (Å²) in [4.78, 5) is 14.0. The number of para-hydroxylation sites is 1. The fraction of sp³-hybridized carbons (Fsp3) is 0.500. The highest BCUT2D eigenvalue weighted by molar-refractivity contribution is 5.97. The third-order valence-electron chi connectivity index (χ3n) is 2.91. The highest BCUT2D eigenvalue weighted by Crippen LogP contribution is 2.23. The summed E-state index contributed by atoms with van der Waals surface area (Å²) in [6.07, 6.45) is 0.538. The topological polar surface area (TPSA) is 60.8 Å². The molecule has 0 bridgehead atoms. The SMILES string of the molecule is Cc1cccc(C(=O)N(CCCO)C(C)C)c1O. The van der Waals surface area contributed by atoms with Crippen molar-refractivity contribution in [2.24, 2.45) is 0 Å². The highest BCUT2D eigenvalue weighted by Gasteiger charge is 2.21. The molecule has 0 saturated carbocycles. The zero-order valence-electron chi connectivity index (χ0n) is 11.2. The number of aromatic hydroxyl groups is 1. The van der Waals surface area contributed by atoms with Gasteiger partial charge in [-0.2, -0.15) is 0 Å². The number of hydrogen-bond donors (Lipinski definition) is 2. The van der Waals surface area contributed by atoms with Crippen LogP contribution in [0.15, 0.2) is 18.2 Å². The van der Waals surface area contributed by atoms with E-state index >= 15 is 0 Å². The van der Waals surface area contributed by atoms with E-state index in [-0.39, 0.29) is 24.3 Å². The van der Waals surface area contributed by atoms with E-state index in [0.29, 0.717) is 24.1 Å². The summed E-state index contributed by atoms with van der Waals surface area (Å²) >= 11 is 0. The normalized spacial score (nSPS) is 10.7. The first-order valence-corrected chi connectivity index (χ1v) is 6.19. The van der Waals surface area contributed by atoms with Crippen LogP contribution in [0.5, 0.6) is 5.75 Å². The summed E-state index contributed by atoms with van der Waals surface area (Å²) < 4.78 is 0. The molecule has 0 spiro atoms. The van der Waals surface area contributed by atoms with Gasteiger partial charge in [0.05, 0.1) is 5.56 Å². The van der Waals surface area contributed by atoms with E-state index in [2.05, 4.69) is 0 Å². The molecule has 0 aliphatic rings. The molecule has 1 rings (SSSR count). The average Bonchev–Trinajstić information content (AvgIpc) is 2.32. The quantitative estimate of drug-likeness (QED) is 0.840. The summed E-state index contributed by atoms with van der Waals surface area (Å²) in [7, 11) is 0. The van der Waals surface area contributed by atoms with E-state index in [1.165, 1.54) is 0 Å². The number of amides is 1. The largest absolute Gasteiger partial charge is 0.507 e. The van der Waals surface area contributed by atoms with Gasteiger partial charge < -0.3 is 15.1 Å². The van der Waals surface area contributed by atoms with Crippen molar-refractivity contribution in [2.75, 3.05) is 13.2 Å². The molecule has 0 saturated heterocycles. The third-order valence-corrected chi connectivity index (χ3v) is 2.91. The molecule has 100 valence electrons. The van der Waals surface area contributed by atoms with Crippen LogP contribution in [-0.2, 0) is 0 Å². The van der Waals surface area contributed by atoms with Crippen molar-refractivity contribution in [3.63, 3.8) is 0 Å². The van der Waals surface area contributed by atoms with Gasteiger partial charge in [-0.25, -0.2) is 0 Å². The predicted molar refractivity (Wildman–Crippen MR) is 70.7 cm³/mol. The molecular formula is C14H21NO3. The number of hydrogen-bond acceptors (Lipinski definition) is 3. The molecule has 4 heteroatoms. The first kappa shape index (κ1) is 14.5. The number of benzene rings is 1. The van der Waals surface area contributed by atoms with Crippen LogP contribution in [0, 0.1) is 6.92 Å². The second kappa shape index (κ2) is 6.40. The van der Waals surface area contributed by atoms with Crippen molar-refractivity contribution in [3.05, 3.63) is 29.3 Å². The summed E-state index contributed by atoms with van der Waals surface area (Å²) in [6, 6.07) is 5.18. The molecule has 0 radical (unpaired) electrons. The van der Waals surface area contributed by atoms with Crippen LogP contribution in [0.2, 0.25) is 0 Å². The Labute approximate surface area is 108 Å². The fourth-order valence-electron chi connectivity index (χ4n) is 1.82. The molecule has 0 aliphatic heterocycles. The number of aliphatic hydroxyl groups excluding tert-OH is 1. The summed E-state index contributed by atoms with van der Waals surface area (Å²) in [5.41, 5.74) is 1.01. The molecule has 2 N–H and O–H groups in total. The van der Waals surface area contributed by atoms with Gasteiger partial charge in [-0.15, -0.1) is 0 Å². The lowest BCUT2D eigenvalue weighted by Gasteiger charge is -2.27. The first-order chi connectivity index (χ1) is 8.49. The van der Waals surface area contributed by atoms with E-state index in [4.69, 9.17) is 5.11 Å². The van der Waals surface area contributed by atoms with Crippen molar-refractivity contribution in [3.8, 4) is 5.75 Å². The standard InChI is InChI=1S/C14H21NO3/c1-10(2)15(8-5-9-16)14(18)12-7-4-6-11(3)13(12)17/h4,6-7,10,16-17H,5,8-9H2,1-3H3. The van der Waals surface area contributed by atoms with E-state index in [0.717, 1.165) is 0 Å². The average molecular weight is 251 g/mol. The van der Waals surface area contributed by atoms with Crippen LogP contribution in [0.3, 0.4) is 0 Å². The monoisotopic (exact) mass is 251 g/mol. The smallest absolute Gasteiger partial charge is 0.257 e. The minimum absolute atomic E-state index is 0.0314. The minimum Gasteiger partial charge on any atom is -0.507 e. The maximum atomic E-state index is 12.3. The molecule has 4 nitrogen and oxygen atoms in total. The van der Waals surface area contributed by atoms with Gasteiger partial charge in [0.15, 0.2) is 0 Å². The van der Waals surface area contributed by atoms with Gasteiger partial charge in [-0.1, -0.05) is 12.1 Å². The Morgan fingerprint density at radius 3 is 2.61 bits per heavy atom. The molecule has 0 unspecified atom stereocenters. The fourth-order valence-corrected chi connectivity index (χ4v) is 1.82. The molecule has 1 amide bonds. The Kier molecular flexibility index (Phi) is 5.16. The lowest BCUT2D eigenvalue weighted by molar-refractivity contribution is 0.0690. The number of carbonyl (C=O) groups is 1. The van der Waals surface area contributed by atoms with E-state index in [9.17, 15) is 9.90 Å². The summed E-state index contributed by atoms with van der Waals surface area (Å²) in [5.74, 6) is -0.156. The Hall–Kier alpha value is -1.55. The minimum atomic E-state index is -0.195. The van der Waals surface area contributed by atoms with Gasteiger partial charge in [-0.3, -0.25) is 4.79 Å². The van der Waals surface area contributed by atoms with Crippen LogP contribution in [0.25, 0.3) is 0 Å².